The average Bonchev–Trinajstić information content (AvgIpc) is 2.72. The van der Waals surface area contributed by atoms with Gasteiger partial charge in [-0.3, -0.25) is 9.78 Å². The predicted octanol–water partition coefficient (Wildman–Crippen LogP) is 5.57. The second-order valence-electron chi connectivity index (χ2n) is 7.81. The van der Waals surface area contributed by atoms with Gasteiger partial charge in [-0.05, 0) is 74.4 Å². The van der Waals surface area contributed by atoms with Crippen LogP contribution in [-0.4, -0.2) is 10.9 Å². The number of nitrogens with zero attached hydrogens (tertiary/aromatic N) is 1. The van der Waals surface area contributed by atoms with Gasteiger partial charge in [-0.25, -0.2) is 0 Å². The van der Waals surface area contributed by atoms with Crippen molar-refractivity contribution in [2.24, 2.45) is 0 Å². The molecule has 5 nitrogen and oxygen atoms in total. The fourth-order valence-corrected chi connectivity index (χ4v) is 3.71. The molecule has 0 saturated carbocycles. The highest BCUT2D eigenvalue weighted by Gasteiger charge is 2.13. The molecule has 0 spiro atoms. The molecule has 1 heterocycles. The summed E-state index contributed by atoms with van der Waals surface area (Å²) < 4.78 is 5.97. The number of pyridine rings is 1. The van der Waals surface area contributed by atoms with E-state index in [0.717, 1.165) is 39.0 Å². The number of fused-ring (bicyclic) bond motifs is 1. The van der Waals surface area contributed by atoms with Gasteiger partial charge in [-0.15, -0.1) is 0 Å². The highest BCUT2D eigenvalue weighted by molar-refractivity contribution is 6.06. The van der Waals surface area contributed by atoms with E-state index < -0.39 is 0 Å². The van der Waals surface area contributed by atoms with Crippen LogP contribution in [-0.2, 0) is 6.61 Å². The molecule has 0 atom stereocenters. The molecule has 4 aromatic rings. The predicted molar refractivity (Wildman–Crippen MR) is 126 cm³/mol. The number of aromatic nitrogens is 1. The molecule has 0 saturated heterocycles. The van der Waals surface area contributed by atoms with Crippen LogP contribution in [0.25, 0.3) is 10.9 Å². The maximum atomic E-state index is 13.0. The maximum absolute atomic E-state index is 13.0. The van der Waals surface area contributed by atoms with Gasteiger partial charge in [0.2, 0.25) is 0 Å². The SMILES string of the molecule is Cc1cc(C)cc(OCc2ccccc2C(=O)Nc2ccc3nc(C)cc(N)c3c2)c1. The van der Waals surface area contributed by atoms with Crippen LogP contribution in [0.4, 0.5) is 11.4 Å². The first-order valence-electron chi connectivity index (χ1n) is 10.2. The van der Waals surface area contributed by atoms with Crippen molar-refractivity contribution in [1.29, 1.82) is 0 Å². The topological polar surface area (TPSA) is 77.2 Å². The fourth-order valence-electron chi connectivity index (χ4n) is 3.71. The first kappa shape index (κ1) is 20.4. The normalized spacial score (nSPS) is 10.8. The molecule has 0 bridgehead atoms. The third-order valence-corrected chi connectivity index (χ3v) is 5.08. The number of rotatable bonds is 5. The number of aryl methyl sites for hydroxylation is 3. The number of nitrogen functional groups attached to an aromatic ring is 1. The Morgan fingerprint density at radius 3 is 2.48 bits per heavy atom. The highest BCUT2D eigenvalue weighted by Crippen LogP contribution is 2.25. The quantitative estimate of drug-likeness (QED) is 0.450. The number of nitrogens with one attached hydrogen (secondary N) is 1. The summed E-state index contributed by atoms with van der Waals surface area (Å²) in [6.07, 6.45) is 0. The molecule has 31 heavy (non-hydrogen) atoms. The molecule has 0 radical (unpaired) electrons. The zero-order chi connectivity index (χ0) is 22.0. The molecule has 4 rings (SSSR count). The molecular weight excluding hydrogens is 386 g/mol. The summed E-state index contributed by atoms with van der Waals surface area (Å²) in [5.41, 5.74) is 12.8. The molecule has 1 aromatic heterocycles. The van der Waals surface area contributed by atoms with E-state index in [1.165, 1.54) is 0 Å². The Bertz CT molecular complexity index is 1260. The van der Waals surface area contributed by atoms with Crippen molar-refractivity contribution in [3.8, 4) is 5.75 Å². The molecule has 156 valence electrons. The molecular formula is C26H25N3O2. The molecule has 0 aliphatic heterocycles. The van der Waals surface area contributed by atoms with Gasteiger partial charge in [0.15, 0.2) is 0 Å². The lowest BCUT2D eigenvalue weighted by atomic mass is 10.1. The summed E-state index contributed by atoms with van der Waals surface area (Å²) >= 11 is 0. The average molecular weight is 412 g/mol. The lowest BCUT2D eigenvalue weighted by Crippen LogP contribution is -2.15. The van der Waals surface area contributed by atoms with Gasteiger partial charge < -0.3 is 15.8 Å². The molecule has 0 unspecified atom stereocenters. The van der Waals surface area contributed by atoms with Crippen molar-refractivity contribution in [3.63, 3.8) is 0 Å². The van der Waals surface area contributed by atoms with E-state index >= 15 is 0 Å². The Balaban J connectivity index is 1.54. The number of anilines is 2. The van der Waals surface area contributed by atoms with Gasteiger partial charge in [0.1, 0.15) is 12.4 Å². The zero-order valence-corrected chi connectivity index (χ0v) is 17.9. The molecule has 0 aliphatic rings. The van der Waals surface area contributed by atoms with Gasteiger partial charge in [0, 0.05) is 33.6 Å². The van der Waals surface area contributed by atoms with Crippen LogP contribution in [0.2, 0.25) is 0 Å². The number of hydrogen-bond acceptors (Lipinski definition) is 4. The summed E-state index contributed by atoms with van der Waals surface area (Å²) in [5.74, 6) is 0.595. The van der Waals surface area contributed by atoms with Crippen LogP contribution in [0, 0.1) is 20.8 Å². The Morgan fingerprint density at radius 2 is 1.71 bits per heavy atom. The van der Waals surface area contributed by atoms with E-state index in [1.807, 2.05) is 75.4 Å². The number of benzene rings is 3. The monoisotopic (exact) mass is 411 g/mol. The van der Waals surface area contributed by atoms with Crippen LogP contribution in [0.15, 0.2) is 66.7 Å². The van der Waals surface area contributed by atoms with Gasteiger partial charge in [0.25, 0.3) is 5.91 Å². The number of carbonyl (C=O) groups excluding carboxylic acids is 1. The van der Waals surface area contributed by atoms with Gasteiger partial charge in [-0.2, -0.15) is 0 Å². The van der Waals surface area contributed by atoms with E-state index in [0.29, 0.717) is 23.5 Å². The molecule has 5 heteroatoms. The van der Waals surface area contributed by atoms with Crippen molar-refractivity contribution in [2.45, 2.75) is 27.4 Å². The van der Waals surface area contributed by atoms with E-state index in [-0.39, 0.29) is 5.91 Å². The third kappa shape index (κ3) is 4.67. The van der Waals surface area contributed by atoms with Gasteiger partial charge in [-0.1, -0.05) is 24.3 Å². The van der Waals surface area contributed by atoms with Gasteiger partial charge in [0.05, 0.1) is 5.52 Å². The van der Waals surface area contributed by atoms with Crippen molar-refractivity contribution in [2.75, 3.05) is 11.1 Å². The Hall–Kier alpha value is -3.86. The summed E-state index contributed by atoms with van der Waals surface area (Å²) in [7, 11) is 0. The molecule has 0 fully saturated rings. The summed E-state index contributed by atoms with van der Waals surface area (Å²) in [5, 5.41) is 3.79. The fraction of sp³-hybridized carbons (Fsp3) is 0.154. The lowest BCUT2D eigenvalue weighted by Gasteiger charge is -2.13. The zero-order valence-electron chi connectivity index (χ0n) is 17.9. The van der Waals surface area contributed by atoms with Crippen LogP contribution >= 0.6 is 0 Å². The summed E-state index contributed by atoms with van der Waals surface area (Å²) in [6.45, 7) is 6.28. The number of hydrogen-bond donors (Lipinski definition) is 2. The molecule has 3 N–H and O–H groups in total. The summed E-state index contributed by atoms with van der Waals surface area (Å²) in [6, 6.07) is 20.9. The Kier molecular flexibility index (Phi) is 5.58. The third-order valence-electron chi connectivity index (χ3n) is 5.08. The standard InChI is InChI=1S/C26H25N3O2/c1-16-10-17(2)12-21(11-16)31-15-19-6-4-5-7-22(19)26(30)29-20-8-9-25-23(14-20)24(27)13-18(3)28-25/h4-14H,15H2,1-3H3,(H2,27,28)(H,29,30). The first-order chi connectivity index (χ1) is 14.9. The van der Waals surface area contributed by atoms with E-state index in [2.05, 4.69) is 16.4 Å². The van der Waals surface area contributed by atoms with Crippen LogP contribution < -0.4 is 15.8 Å². The first-order valence-corrected chi connectivity index (χ1v) is 10.2. The minimum atomic E-state index is -0.197. The number of carbonyl (C=O) groups is 1. The van der Waals surface area contributed by atoms with E-state index in [1.54, 1.807) is 6.07 Å². The molecule has 3 aromatic carbocycles. The largest absolute Gasteiger partial charge is 0.489 e. The van der Waals surface area contributed by atoms with Crippen molar-refractivity contribution >= 4 is 28.2 Å². The van der Waals surface area contributed by atoms with Crippen molar-refractivity contribution < 1.29 is 9.53 Å². The van der Waals surface area contributed by atoms with Crippen molar-refractivity contribution in [3.05, 3.63) is 94.7 Å². The minimum Gasteiger partial charge on any atom is -0.489 e. The smallest absolute Gasteiger partial charge is 0.256 e. The highest BCUT2D eigenvalue weighted by atomic mass is 16.5. The number of ether oxygens (including phenoxy) is 1. The Morgan fingerprint density at radius 1 is 0.968 bits per heavy atom. The van der Waals surface area contributed by atoms with Gasteiger partial charge >= 0.3 is 0 Å². The maximum Gasteiger partial charge on any atom is 0.256 e. The Labute approximate surface area is 181 Å². The lowest BCUT2D eigenvalue weighted by molar-refractivity contribution is 0.102. The second kappa shape index (κ2) is 8.48. The van der Waals surface area contributed by atoms with Crippen LogP contribution in [0.3, 0.4) is 0 Å². The molecule has 1 amide bonds. The van der Waals surface area contributed by atoms with Crippen LogP contribution in [0.1, 0.15) is 32.7 Å². The van der Waals surface area contributed by atoms with E-state index in [4.69, 9.17) is 10.5 Å². The van der Waals surface area contributed by atoms with Crippen LogP contribution in [0.5, 0.6) is 5.75 Å². The number of nitrogens with two attached hydrogens (primary N) is 1. The summed E-state index contributed by atoms with van der Waals surface area (Å²) in [4.78, 5) is 17.5. The molecule has 0 aliphatic carbocycles. The van der Waals surface area contributed by atoms with E-state index in [9.17, 15) is 4.79 Å². The minimum absolute atomic E-state index is 0.197. The second-order valence-corrected chi connectivity index (χ2v) is 7.81. The number of amides is 1. The van der Waals surface area contributed by atoms with Crippen molar-refractivity contribution in [1.82, 2.24) is 4.98 Å².